The second kappa shape index (κ2) is 6.07. The molecule has 0 spiro atoms. The van der Waals surface area contributed by atoms with Crippen molar-refractivity contribution < 1.29 is 19.0 Å². The van der Waals surface area contributed by atoms with E-state index in [1.54, 1.807) is 6.07 Å². The molecular weight excluding hydrogens is 312 g/mol. The first-order valence-electron chi connectivity index (χ1n) is 7.04. The summed E-state index contributed by atoms with van der Waals surface area (Å²) in [4.78, 5) is 12.0. The minimum Gasteiger partial charge on any atom is -0.493 e. The number of primary amides is 1. The van der Waals surface area contributed by atoms with E-state index in [1.165, 1.54) is 27.4 Å². The number of H-pyrrole nitrogens is 1. The minimum absolute atomic E-state index is 0.257. The number of rotatable bonds is 5. The van der Waals surface area contributed by atoms with Crippen LogP contribution in [0, 0.1) is 0 Å². The number of benzene rings is 2. The van der Waals surface area contributed by atoms with Gasteiger partial charge in [0.15, 0.2) is 11.5 Å². The number of amides is 1. The topological polar surface area (TPSA) is 112 Å². The number of methoxy groups -OCH3 is 3. The molecule has 0 unspecified atom stereocenters. The maximum absolute atomic E-state index is 12.0. The lowest BCUT2D eigenvalue weighted by Crippen LogP contribution is -2.14. The Kier molecular flexibility index (Phi) is 3.95. The van der Waals surface area contributed by atoms with Crippen LogP contribution in [0.2, 0.25) is 0 Å². The molecule has 0 radical (unpaired) electrons. The molecule has 0 saturated heterocycles. The molecule has 1 amide bonds. The van der Waals surface area contributed by atoms with Crippen molar-refractivity contribution >= 4 is 16.9 Å². The molecule has 1 aromatic heterocycles. The number of ether oxygens (including phenoxy) is 3. The van der Waals surface area contributed by atoms with Crippen molar-refractivity contribution in [2.75, 3.05) is 21.3 Å². The van der Waals surface area contributed by atoms with Gasteiger partial charge in [-0.2, -0.15) is 0 Å². The summed E-state index contributed by atoms with van der Waals surface area (Å²) in [6.07, 6.45) is 0. The van der Waals surface area contributed by atoms with E-state index in [0.717, 1.165) is 5.52 Å². The molecule has 1 heterocycles. The van der Waals surface area contributed by atoms with Crippen molar-refractivity contribution in [3.05, 3.63) is 29.8 Å². The highest BCUT2D eigenvalue weighted by atomic mass is 16.5. The van der Waals surface area contributed by atoms with Crippen LogP contribution in [-0.4, -0.2) is 42.6 Å². The Morgan fingerprint density at radius 2 is 1.83 bits per heavy atom. The molecular formula is C16H16N4O4. The first-order chi connectivity index (χ1) is 11.6. The van der Waals surface area contributed by atoms with Crippen LogP contribution in [0.3, 0.4) is 0 Å². The summed E-state index contributed by atoms with van der Waals surface area (Å²) < 4.78 is 16.2. The molecule has 8 heteroatoms. The lowest BCUT2D eigenvalue weighted by atomic mass is 9.96. The van der Waals surface area contributed by atoms with Crippen molar-refractivity contribution in [1.29, 1.82) is 0 Å². The molecule has 0 fully saturated rings. The molecule has 0 saturated carbocycles. The largest absolute Gasteiger partial charge is 0.493 e. The number of hydrogen-bond acceptors (Lipinski definition) is 6. The summed E-state index contributed by atoms with van der Waals surface area (Å²) in [5.74, 6) is 0.479. The van der Waals surface area contributed by atoms with E-state index >= 15 is 0 Å². The number of hydrogen-bond donors (Lipinski definition) is 2. The number of carbonyl (C=O) groups excluding carboxylic acids is 1. The number of carbonyl (C=O) groups is 1. The van der Waals surface area contributed by atoms with Gasteiger partial charge in [0.1, 0.15) is 5.52 Å². The van der Waals surface area contributed by atoms with Crippen LogP contribution in [0.1, 0.15) is 10.4 Å². The average molecular weight is 328 g/mol. The van der Waals surface area contributed by atoms with E-state index < -0.39 is 5.91 Å². The summed E-state index contributed by atoms with van der Waals surface area (Å²) in [6, 6.07) is 6.95. The van der Waals surface area contributed by atoms with E-state index in [2.05, 4.69) is 15.4 Å². The maximum atomic E-state index is 12.0. The Hall–Kier alpha value is -3.29. The Morgan fingerprint density at radius 3 is 2.46 bits per heavy atom. The third-order valence-electron chi connectivity index (χ3n) is 3.71. The Bertz CT molecular complexity index is 920. The first-order valence-corrected chi connectivity index (χ1v) is 7.04. The van der Waals surface area contributed by atoms with Gasteiger partial charge in [0.05, 0.1) is 32.4 Å². The fourth-order valence-electron chi connectivity index (χ4n) is 2.63. The van der Waals surface area contributed by atoms with Crippen LogP contribution < -0.4 is 19.9 Å². The molecule has 124 valence electrons. The van der Waals surface area contributed by atoms with Crippen LogP contribution in [-0.2, 0) is 0 Å². The Balaban J connectivity index is 2.37. The fraction of sp³-hybridized carbons (Fsp3) is 0.188. The maximum Gasteiger partial charge on any atom is 0.249 e. The number of nitrogens with one attached hydrogen (secondary N) is 1. The van der Waals surface area contributed by atoms with E-state index in [9.17, 15) is 4.79 Å². The highest BCUT2D eigenvalue weighted by molar-refractivity contribution is 6.03. The molecule has 24 heavy (non-hydrogen) atoms. The zero-order valence-corrected chi connectivity index (χ0v) is 13.4. The molecule has 0 aliphatic heterocycles. The molecule has 0 aliphatic rings. The molecule has 8 nitrogen and oxygen atoms in total. The second-order valence-electron chi connectivity index (χ2n) is 4.98. The number of aromatic nitrogens is 3. The molecule has 0 atom stereocenters. The Labute approximate surface area is 137 Å². The van der Waals surface area contributed by atoms with Crippen molar-refractivity contribution in [2.24, 2.45) is 5.73 Å². The van der Waals surface area contributed by atoms with E-state index in [4.69, 9.17) is 19.9 Å². The predicted octanol–water partition coefficient (Wildman–Crippen LogP) is 1.75. The summed E-state index contributed by atoms with van der Waals surface area (Å²) in [7, 11) is 4.46. The molecule has 2 aromatic carbocycles. The van der Waals surface area contributed by atoms with Gasteiger partial charge in [0, 0.05) is 5.56 Å². The standard InChI is InChI=1S/C16H16N4O4/c1-22-12-7-9(16(17)21)13(15(24-3)14(12)23-2)8-4-5-10-11(6-8)19-20-18-10/h4-7H,1-3H3,(H2,17,21)(H,18,19,20). The van der Waals surface area contributed by atoms with Gasteiger partial charge < -0.3 is 19.9 Å². The number of nitrogens with two attached hydrogens (primary N) is 1. The number of aromatic amines is 1. The molecule has 3 N–H and O–H groups in total. The highest BCUT2D eigenvalue weighted by Crippen LogP contribution is 2.46. The third kappa shape index (κ3) is 2.37. The van der Waals surface area contributed by atoms with Gasteiger partial charge in [-0.25, -0.2) is 0 Å². The normalized spacial score (nSPS) is 10.6. The summed E-state index contributed by atoms with van der Waals surface area (Å²) in [5.41, 5.74) is 8.45. The lowest BCUT2D eigenvalue weighted by molar-refractivity contribution is 0.1000. The highest BCUT2D eigenvalue weighted by Gasteiger charge is 2.24. The second-order valence-corrected chi connectivity index (χ2v) is 4.98. The minimum atomic E-state index is -0.607. The van der Waals surface area contributed by atoms with Crippen LogP contribution in [0.25, 0.3) is 22.2 Å². The number of fused-ring (bicyclic) bond motifs is 1. The smallest absolute Gasteiger partial charge is 0.249 e. The predicted molar refractivity (Wildman–Crippen MR) is 87.5 cm³/mol. The average Bonchev–Trinajstić information content (AvgIpc) is 3.06. The van der Waals surface area contributed by atoms with Crippen LogP contribution in [0.4, 0.5) is 0 Å². The summed E-state index contributed by atoms with van der Waals surface area (Å²) >= 11 is 0. The van der Waals surface area contributed by atoms with Crippen molar-refractivity contribution in [1.82, 2.24) is 15.4 Å². The van der Waals surface area contributed by atoms with Gasteiger partial charge in [0.25, 0.3) is 0 Å². The van der Waals surface area contributed by atoms with Crippen LogP contribution in [0.15, 0.2) is 24.3 Å². The first kappa shape index (κ1) is 15.6. The zero-order chi connectivity index (χ0) is 17.3. The van der Waals surface area contributed by atoms with Gasteiger partial charge in [-0.15, -0.1) is 5.10 Å². The van der Waals surface area contributed by atoms with Gasteiger partial charge in [0.2, 0.25) is 11.7 Å². The van der Waals surface area contributed by atoms with Crippen molar-refractivity contribution in [2.45, 2.75) is 0 Å². The molecule has 0 aliphatic carbocycles. The van der Waals surface area contributed by atoms with E-state index in [-0.39, 0.29) is 5.56 Å². The fourth-order valence-corrected chi connectivity index (χ4v) is 2.63. The van der Waals surface area contributed by atoms with E-state index in [1.807, 2.05) is 12.1 Å². The van der Waals surface area contributed by atoms with Gasteiger partial charge in [-0.05, 0) is 23.8 Å². The van der Waals surface area contributed by atoms with E-state index in [0.29, 0.717) is 33.9 Å². The SMILES string of the molecule is COc1cc(C(N)=O)c(-c2ccc3[nH]nnc3c2)c(OC)c1OC. The third-order valence-corrected chi connectivity index (χ3v) is 3.71. The van der Waals surface area contributed by atoms with Gasteiger partial charge >= 0.3 is 0 Å². The van der Waals surface area contributed by atoms with Crippen molar-refractivity contribution in [3.8, 4) is 28.4 Å². The lowest BCUT2D eigenvalue weighted by Gasteiger charge is -2.18. The summed E-state index contributed by atoms with van der Waals surface area (Å²) in [6.45, 7) is 0. The molecule has 3 aromatic rings. The van der Waals surface area contributed by atoms with Crippen LogP contribution in [0.5, 0.6) is 17.2 Å². The molecule has 0 bridgehead atoms. The zero-order valence-electron chi connectivity index (χ0n) is 13.4. The van der Waals surface area contributed by atoms with Gasteiger partial charge in [-0.3, -0.25) is 9.89 Å². The van der Waals surface area contributed by atoms with Crippen molar-refractivity contribution in [3.63, 3.8) is 0 Å². The molecule has 3 rings (SSSR count). The summed E-state index contributed by atoms with van der Waals surface area (Å²) in [5, 5.41) is 10.5. The monoisotopic (exact) mass is 328 g/mol. The van der Waals surface area contributed by atoms with Crippen LogP contribution >= 0.6 is 0 Å². The van der Waals surface area contributed by atoms with Gasteiger partial charge in [-0.1, -0.05) is 11.3 Å². The number of nitrogens with zero attached hydrogens (tertiary/aromatic N) is 2. The quantitative estimate of drug-likeness (QED) is 0.738. The Morgan fingerprint density at radius 1 is 1.08 bits per heavy atom.